The molecule has 0 unspecified atom stereocenters. The molecule has 2 N–H and O–H groups in total. The molecule has 0 atom stereocenters. The van der Waals surface area contributed by atoms with Gasteiger partial charge < -0.3 is 10.5 Å². The second kappa shape index (κ2) is 5.21. The average molecular weight is 325 g/mol. The molecule has 19 heavy (non-hydrogen) atoms. The van der Waals surface area contributed by atoms with Crippen LogP contribution in [0.15, 0.2) is 16.6 Å². The van der Waals surface area contributed by atoms with Crippen LogP contribution in [0.3, 0.4) is 0 Å². The topological polar surface area (TPSA) is 66.0 Å². The Morgan fingerprint density at radius 1 is 1.32 bits per heavy atom. The lowest BCUT2D eigenvalue weighted by Crippen LogP contribution is -2.11. The van der Waals surface area contributed by atoms with Gasteiger partial charge in [0.25, 0.3) is 0 Å². The van der Waals surface area contributed by atoms with Crippen LogP contribution in [-0.4, -0.2) is 20.9 Å². The summed E-state index contributed by atoms with van der Waals surface area (Å²) in [7, 11) is 0. The van der Waals surface area contributed by atoms with Crippen LogP contribution in [0, 0.1) is 13.8 Å². The summed E-state index contributed by atoms with van der Waals surface area (Å²) in [5.74, 6) is 1.13. The van der Waals surface area contributed by atoms with E-state index in [1.807, 2.05) is 33.8 Å². The monoisotopic (exact) mass is 324 g/mol. The maximum Gasteiger partial charge on any atom is 0.239 e. The van der Waals surface area contributed by atoms with E-state index in [2.05, 4.69) is 26.0 Å². The van der Waals surface area contributed by atoms with Crippen LogP contribution >= 0.6 is 15.9 Å². The van der Waals surface area contributed by atoms with Gasteiger partial charge in [-0.3, -0.25) is 0 Å². The van der Waals surface area contributed by atoms with Gasteiger partial charge in [-0.1, -0.05) is 0 Å². The SMILES string of the molecule is Cc1nn(-c2ccc(N)c(OC(C)C)n2)c(C)c1Br. The highest BCUT2D eigenvalue weighted by atomic mass is 79.9. The highest BCUT2D eigenvalue weighted by molar-refractivity contribution is 9.10. The van der Waals surface area contributed by atoms with E-state index in [1.165, 1.54) is 0 Å². The van der Waals surface area contributed by atoms with Crippen molar-refractivity contribution in [2.45, 2.75) is 33.8 Å². The predicted molar refractivity (Wildman–Crippen MR) is 78.7 cm³/mol. The lowest BCUT2D eigenvalue weighted by molar-refractivity contribution is 0.234. The van der Waals surface area contributed by atoms with Crippen LogP contribution in [0.25, 0.3) is 5.82 Å². The van der Waals surface area contributed by atoms with Gasteiger partial charge in [0.1, 0.15) is 0 Å². The molecule has 5 nitrogen and oxygen atoms in total. The number of nitrogens with two attached hydrogens (primary N) is 1. The quantitative estimate of drug-likeness (QED) is 0.942. The van der Waals surface area contributed by atoms with Crippen molar-refractivity contribution in [3.63, 3.8) is 0 Å². The summed E-state index contributed by atoms with van der Waals surface area (Å²) in [5.41, 5.74) is 8.30. The lowest BCUT2D eigenvalue weighted by atomic mass is 10.3. The summed E-state index contributed by atoms with van der Waals surface area (Å²) < 4.78 is 8.35. The van der Waals surface area contributed by atoms with Crippen molar-refractivity contribution in [3.8, 4) is 11.7 Å². The first-order valence-corrected chi connectivity index (χ1v) is 6.84. The summed E-state index contributed by atoms with van der Waals surface area (Å²) in [4.78, 5) is 4.43. The predicted octanol–water partition coefficient (Wildman–Crippen LogP) is 3.02. The Labute approximate surface area is 120 Å². The molecule has 0 saturated carbocycles. The van der Waals surface area contributed by atoms with E-state index in [4.69, 9.17) is 10.5 Å². The molecule has 0 aliphatic carbocycles. The molecular formula is C13H17BrN4O. The van der Waals surface area contributed by atoms with Crippen LogP contribution in [-0.2, 0) is 0 Å². The lowest BCUT2D eigenvalue weighted by Gasteiger charge is -2.12. The van der Waals surface area contributed by atoms with E-state index in [9.17, 15) is 0 Å². The first kappa shape index (κ1) is 13.9. The van der Waals surface area contributed by atoms with Crippen LogP contribution in [0.1, 0.15) is 25.2 Å². The van der Waals surface area contributed by atoms with Gasteiger partial charge in [-0.25, -0.2) is 4.68 Å². The normalized spacial score (nSPS) is 11.1. The molecule has 0 saturated heterocycles. The number of pyridine rings is 1. The molecule has 0 fully saturated rings. The number of ether oxygens (including phenoxy) is 1. The standard InChI is InChI=1S/C13H17BrN4O/c1-7(2)19-13-10(15)5-6-11(16-13)18-9(4)12(14)8(3)17-18/h5-7H,15H2,1-4H3. The number of anilines is 1. The Hall–Kier alpha value is -1.56. The zero-order valence-corrected chi connectivity index (χ0v) is 13.0. The van der Waals surface area contributed by atoms with Gasteiger partial charge >= 0.3 is 0 Å². The van der Waals surface area contributed by atoms with Crippen molar-refractivity contribution >= 4 is 21.6 Å². The third-order valence-corrected chi connectivity index (χ3v) is 3.79. The van der Waals surface area contributed by atoms with Gasteiger partial charge in [0.05, 0.1) is 27.7 Å². The number of nitrogen functional groups attached to an aromatic ring is 1. The fourth-order valence-corrected chi connectivity index (χ4v) is 1.97. The van der Waals surface area contributed by atoms with E-state index in [1.54, 1.807) is 10.7 Å². The molecule has 2 aromatic rings. The van der Waals surface area contributed by atoms with Crippen molar-refractivity contribution in [2.75, 3.05) is 5.73 Å². The van der Waals surface area contributed by atoms with E-state index in [-0.39, 0.29) is 6.10 Å². The van der Waals surface area contributed by atoms with E-state index < -0.39 is 0 Å². The van der Waals surface area contributed by atoms with Crippen molar-refractivity contribution in [3.05, 3.63) is 28.0 Å². The summed E-state index contributed by atoms with van der Waals surface area (Å²) >= 11 is 3.50. The zero-order chi connectivity index (χ0) is 14.2. The number of halogens is 1. The second-order valence-corrected chi connectivity index (χ2v) is 5.42. The summed E-state index contributed by atoms with van der Waals surface area (Å²) in [5, 5.41) is 4.44. The van der Waals surface area contributed by atoms with Crippen molar-refractivity contribution < 1.29 is 4.74 Å². The number of aryl methyl sites for hydroxylation is 1. The molecule has 2 heterocycles. The summed E-state index contributed by atoms with van der Waals surface area (Å²) in [6.45, 7) is 7.79. The molecule has 0 aromatic carbocycles. The van der Waals surface area contributed by atoms with Gasteiger partial charge in [-0.2, -0.15) is 10.1 Å². The van der Waals surface area contributed by atoms with E-state index >= 15 is 0 Å². The number of hydrogen-bond acceptors (Lipinski definition) is 4. The largest absolute Gasteiger partial charge is 0.473 e. The minimum absolute atomic E-state index is 0.0252. The van der Waals surface area contributed by atoms with Gasteiger partial charge in [-0.15, -0.1) is 0 Å². The van der Waals surface area contributed by atoms with E-state index in [0.29, 0.717) is 17.4 Å². The fourth-order valence-electron chi connectivity index (χ4n) is 1.72. The molecule has 0 radical (unpaired) electrons. The van der Waals surface area contributed by atoms with Crippen molar-refractivity contribution in [2.24, 2.45) is 0 Å². The molecule has 6 heteroatoms. The highest BCUT2D eigenvalue weighted by Crippen LogP contribution is 2.25. The first-order chi connectivity index (χ1) is 8.90. The number of nitrogens with zero attached hydrogens (tertiary/aromatic N) is 3. The van der Waals surface area contributed by atoms with Crippen LogP contribution in [0.5, 0.6) is 5.88 Å². The molecule has 0 amide bonds. The molecule has 0 aliphatic heterocycles. The van der Waals surface area contributed by atoms with Crippen LogP contribution in [0.2, 0.25) is 0 Å². The Balaban J connectivity index is 2.48. The third-order valence-electron chi connectivity index (χ3n) is 2.64. The van der Waals surface area contributed by atoms with Crippen molar-refractivity contribution in [1.29, 1.82) is 0 Å². The minimum atomic E-state index is 0.0252. The van der Waals surface area contributed by atoms with E-state index in [0.717, 1.165) is 15.9 Å². The molecular weight excluding hydrogens is 308 g/mol. The molecule has 2 rings (SSSR count). The number of rotatable bonds is 3. The van der Waals surface area contributed by atoms with Gasteiger partial charge in [-0.05, 0) is 55.8 Å². The number of aromatic nitrogens is 3. The molecule has 102 valence electrons. The maximum absolute atomic E-state index is 5.86. The second-order valence-electron chi connectivity index (χ2n) is 4.63. The summed E-state index contributed by atoms with van der Waals surface area (Å²) in [6.07, 6.45) is 0.0252. The molecule has 0 spiro atoms. The Bertz CT molecular complexity index is 607. The highest BCUT2D eigenvalue weighted by Gasteiger charge is 2.13. The first-order valence-electron chi connectivity index (χ1n) is 6.05. The van der Waals surface area contributed by atoms with Gasteiger partial charge in [0, 0.05) is 0 Å². The molecule has 2 aromatic heterocycles. The fraction of sp³-hybridized carbons (Fsp3) is 0.385. The third kappa shape index (κ3) is 2.73. The molecule has 0 bridgehead atoms. The minimum Gasteiger partial charge on any atom is -0.473 e. The average Bonchev–Trinajstić information content (AvgIpc) is 2.59. The summed E-state index contributed by atoms with van der Waals surface area (Å²) in [6, 6.07) is 3.61. The Morgan fingerprint density at radius 2 is 2.00 bits per heavy atom. The maximum atomic E-state index is 5.86. The van der Waals surface area contributed by atoms with Crippen LogP contribution < -0.4 is 10.5 Å². The zero-order valence-electron chi connectivity index (χ0n) is 11.4. The Morgan fingerprint density at radius 3 is 2.53 bits per heavy atom. The van der Waals surface area contributed by atoms with Crippen molar-refractivity contribution in [1.82, 2.24) is 14.8 Å². The van der Waals surface area contributed by atoms with Gasteiger partial charge in [0.2, 0.25) is 5.88 Å². The Kier molecular flexibility index (Phi) is 3.80. The van der Waals surface area contributed by atoms with Gasteiger partial charge in [0.15, 0.2) is 5.82 Å². The molecule has 0 aliphatic rings. The smallest absolute Gasteiger partial charge is 0.239 e. The number of hydrogen-bond donors (Lipinski definition) is 1. The van der Waals surface area contributed by atoms with Crippen LogP contribution in [0.4, 0.5) is 5.69 Å².